The largest absolute Gasteiger partial charge is 0.393 e. The van der Waals surface area contributed by atoms with Gasteiger partial charge in [0.15, 0.2) is 5.82 Å². The zero-order valence-corrected chi connectivity index (χ0v) is 14.1. The van der Waals surface area contributed by atoms with E-state index in [9.17, 15) is 9.90 Å². The topological polar surface area (TPSA) is 90.9 Å². The number of nitrogens with zero attached hydrogens (tertiary/aromatic N) is 2. The quantitative estimate of drug-likeness (QED) is 0.728. The molecule has 1 amide bonds. The summed E-state index contributed by atoms with van der Waals surface area (Å²) in [5, 5.41) is 19.5. The van der Waals surface area contributed by atoms with Crippen LogP contribution in [0.3, 0.4) is 0 Å². The van der Waals surface area contributed by atoms with Crippen LogP contribution in [0.5, 0.6) is 0 Å². The third kappa shape index (κ3) is 4.20. The van der Waals surface area contributed by atoms with Crippen LogP contribution in [0.1, 0.15) is 55.2 Å². The summed E-state index contributed by atoms with van der Waals surface area (Å²) in [4.78, 5) is 16.7. The molecule has 0 spiro atoms. The Bertz CT molecular complexity index is 689. The van der Waals surface area contributed by atoms with Gasteiger partial charge in [-0.3, -0.25) is 9.89 Å². The average Bonchev–Trinajstić information content (AvgIpc) is 3.29. The Morgan fingerprint density at radius 3 is 2.67 bits per heavy atom. The molecule has 0 radical (unpaired) electrons. The highest BCUT2D eigenvalue weighted by atomic mass is 16.3. The molecule has 128 valence electrons. The van der Waals surface area contributed by atoms with Crippen molar-refractivity contribution in [1.29, 1.82) is 0 Å². The third-order valence-corrected chi connectivity index (χ3v) is 4.23. The molecule has 6 heteroatoms. The molecular formula is C18H24N4O2. The van der Waals surface area contributed by atoms with Gasteiger partial charge in [0.25, 0.3) is 5.91 Å². The molecule has 1 fully saturated rings. The molecule has 2 unspecified atom stereocenters. The van der Waals surface area contributed by atoms with E-state index in [4.69, 9.17) is 0 Å². The number of hydrogen-bond donors (Lipinski definition) is 3. The van der Waals surface area contributed by atoms with E-state index in [1.54, 1.807) is 19.1 Å². The summed E-state index contributed by atoms with van der Waals surface area (Å²) in [5.74, 6) is 2.31. The summed E-state index contributed by atoms with van der Waals surface area (Å²) in [6.07, 6.45) is 2.69. The van der Waals surface area contributed by atoms with Gasteiger partial charge in [0.05, 0.1) is 6.10 Å². The van der Waals surface area contributed by atoms with Gasteiger partial charge in [-0.05, 0) is 44.2 Å². The van der Waals surface area contributed by atoms with Crippen molar-refractivity contribution < 1.29 is 9.90 Å². The molecule has 1 heterocycles. The number of carbonyl (C=O) groups is 1. The Labute approximate surface area is 141 Å². The van der Waals surface area contributed by atoms with Crippen molar-refractivity contribution in [2.45, 2.75) is 45.1 Å². The van der Waals surface area contributed by atoms with Crippen LogP contribution in [-0.4, -0.2) is 38.8 Å². The fourth-order valence-corrected chi connectivity index (χ4v) is 2.75. The molecule has 1 aliphatic rings. The van der Waals surface area contributed by atoms with Gasteiger partial charge in [0.2, 0.25) is 0 Å². The number of benzene rings is 1. The van der Waals surface area contributed by atoms with E-state index in [1.165, 1.54) is 12.8 Å². The van der Waals surface area contributed by atoms with E-state index < -0.39 is 0 Å². The van der Waals surface area contributed by atoms with E-state index in [1.807, 2.05) is 19.1 Å². The molecule has 2 aromatic rings. The predicted octanol–water partition coefficient (Wildman–Crippen LogP) is 2.49. The van der Waals surface area contributed by atoms with Crippen LogP contribution in [0.25, 0.3) is 11.4 Å². The molecule has 0 saturated heterocycles. The van der Waals surface area contributed by atoms with E-state index in [-0.39, 0.29) is 17.9 Å². The first-order chi connectivity index (χ1) is 11.5. The van der Waals surface area contributed by atoms with Crippen LogP contribution >= 0.6 is 0 Å². The number of aromatic nitrogens is 3. The fourth-order valence-electron chi connectivity index (χ4n) is 2.75. The van der Waals surface area contributed by atoms with Gasteiger partial charge in [0, 0.05) is 23.6 Å². The Morgan fingerprint density at radius 1 is 1.33 bits per heavy atom. The van der Waals surface area contributed by atoms with Crippen LogP contribution in [-0.2, 0) is 0 Å². The molecule has 6 nitrogen and oxygen atoms in total. The lowest BCUT2D eigenvalue weighted by Gasteiger charge is -2.14. The minimum atomic E-state index is -0.349. The van der Waals surface area contributed by atoms with Gasteiger partial charge in [0.1, 0.15) is 5.82 Å². The maximum atomic E-state index is 12.2. The zero-order chi connectivity index (χ0) is 17.1. The van der Waals surface area contributed by atoms with E-state index >= 15 is 0 Å². The number of aliphatic hydroxyl groups excluding tert-OH is 1. The second kappa shape index (κ2) is 7.13. The maximum absolute atomic E-state index is 12.2. The average molecular weight is 328 g/mol. The molecule has 3 rings (SSSR count). The third-order valence-electron chi connectivity index (χ3n) is 4.23. The number of nitrogens with one attached hydrogen (secondary N) is 2. The van der Waals surface area contributed by atoms with E-state index in [2.05, 4.69) is 20.5 Å². The van der Waals surface area contributed by atoms with Crippen molar-refractivity contribution in [1.82, 2.24) is 20.5 Å². The Kier molecular flexibility index (Phi) is 4.94. The highest BCUT2D eigenvalue weighted by Crippen LogP contribution is 2.38. The molecule has 2 atom stereocenters. The van der Waals surface area contributed by atoms with Crippen molar-refractivity contribution in [3.05, 3.63) is 35.7 Å². The first kappa shape index (κ1) is 16.6. The van der Waals surface area contributed by atoms with Crippen LogP contribution in [0.15, 0.2) is 24.3 Å². The SMILES string of the molecule is CC(O)CC(C)CNC(=O)c1ccc(-c2n[nH]c(C3CC3)n2)cc1. The Morgan fingerprint density at radius 2 is 2.04 bits per heavy atom. The highest BCUT2D eigenvalue weighted by Gasteiger charge is 2.27. The number of amides is 1. The minimum absolute atomic E-state index is 0.104. The lowest BCUT2D eigenvalue weighted by Crippen LogP contribution is -2.29. The number of aromatic amines is 1. The maximum Gasteiger partial charge on any atom is 0.251 e. The second-order valence-electron chi connectivity index (χ2n) is 6.80. The number of aliphatic hydroxyl groups is 1. The van der Waals surface area contributed by atoms with Crippen LogP contribution in [0.4, 0.5) is 0 Å². The summed E-state index contributed by atoms with van der Waals surface area (Å²) in [6, 6.07) is 7.32. The van der Waals surface area contributed by atoms with Crippen LogP contribution in [0.2, 0.25) is 0 Å². The summed E-state index contributed by atoms with van der Waals surface area (Å²) in [5.41, 5.74) is 1.51. The molecule has 1 aromatic carbocycles. The molecular weight excluding hydrogens is 304 g/mol. The molecule has 24 heavy (non-hydrogen) atoms. The molecule has 1 aromatic heterocycles. The van der Waals surface area contributed by atoms with Crippen molar-refractivity contribution in [3.8, 4) is 11.4 Å². The lowest BCUT2D eigenvalue weighted by atomic mass is 10.0. The van der Waals surface area contributed by atoms with Crippen LogP contribution < -0.4 is 5.32 Å². The van der Waals surface area contributed by atoms with Crippen molar-refractivity contribution in [2.75, 3.05) is 6.54 Å². The first-order valence-corrected chi connectivity index (χ1v) is 8.52. The van der Waals surface area contributed by atoms with Gasteiger partial charge in [-0.2, -0.15) is 5.10 Å². The normalized spacial score (nSPS) is 16.6. The summed E-state index contributed by atoms with van der Waals surface area (Å²) >= 11 is 0. The van der Waals surface area contributed by atoms with Crippen molar-refractivity contribution in [3.63, 3.8) is 0 Å². The van der Waals surface area contributed by atoms with Crippen molar-refractivity contribution >= 4 is 5.91 Å². The Balaban J connectivity index is 1.57. The van der Waals surface area contributed by atoms with E-state index in [0.717, 1.165) is 11.4 Å². The van der Waals surface area contributed by atoms with Gasteiger partial charge in [-0.1, -0.05) is 19.1 Å². The zero-order valence-electron chi connectivity index (χ0n) is 14.1. The molecule has 3 N–H and O–H groups in total. The molecule has 0 bridgehead atoms. The molecule has 0 aliphatic heterocycles. The lowest BCUT2D eigenvalue weighted by molar-refractivity contribution is 0.0939. The highest BCUT2D eigenvalue weighted by molar-refractivity contribution is 5.94. The van der Waals surface area contributed by atoms with Gasteiger partial charge in [-0.25, -0.2) is 4.98 Å². The smallest absolute Gasteiger partial charge is 0.251 e. The number of carbonyl (C=O) groups excluding carboxylic acids is 1. The summed E-state index contributed by atoms with van der Waals surface area (Å²) < 4.78 is 0. The predicted molar refractivity (Wildman–Crippen MR) is 91.6 cm³/mol. The van der Waals surface area contributed by atoms with Crippen LogP contribution in [0, 0.1) is 5.92 Å². The first-order valence-electron chi connectivity index (χ1n) is 8.52. The summed E-state index contributed by atoms with van der Waals surface area (Å²) in [6.45, 7) is 4.32. The van der Waals surface area contributed by atoms with Gasteiger partial charge < -0.3 is 10.4 Å². The van der Waals surface area contributed by atoms with Crippen molar-refractivity contribution in [2.24, 2.45) is 5.92 Å². The van der Waals surface area contributed by atoms with Gasteiger partial charge in [-0.15, -0.1) is 0 Å². The van der Waals surface area contributed by atoms with Gasteiger partial charge >= 0.3 is 0 Å². The second-order valence-corrected chi connectivity index (χ2v) is 6.80. The number of H-pyrrole nitrogens is 1. The standard InChI is InChI=1S/C18H24N4O2/c1-11(9-12(2)23)10-19-18(24)15-7-5-14(6-8-15)17-20-16(21-22-17)13-3-4-13/h5-8,11-13,23H,3-4,9-10H2,1-2H3,(H,19,24)(H,20,21,22). The van der Waals surface area contributed by atoms with E-state index in [0.29, 0.717) is 30.3 Å². The minimum Gasteiger partial charge on any atom is -0.393 e. The molecule has 1 aliphatic carbocycles. The summed E-state index contributed by atoms with van der Waals surface area (Å²) in [7, 11) is 0. The fraction of sp³-hybridized carbons (Fsp3) is 0.500. The molecule has 1 saturated carbocycles. The monoisotopic (exact) mass is 328 g/mol. The number of rotatable bonds is 7. The Hall–Kier alpha value is -2.21. The number of hydrogen-bond acceptors (Lipinski definition) is 4.